The standard InChI is InChI=1S/C7H5BrO3/c8-5-2-1-4(3-9)6(10)7(5)11/h1-3,10-11H. The normalized spacial score (nSPS) is 9.55. The van der Waals surface area contributed by atoms with Crippen LogP contribution in [0, 0.1) is 0 Å². The fourth-order valence-corrected chi connectivity index (χ4v) is 0.986. The van der Waals surface area contributed by atoms with Crippen molar-refractivity contribution >= 4 is 22.2 Å². The Balaban J connectivity index is 3.36. The monoisotopic (exact) mass is 216 g/mol. The van der Waals surface area contributed by atoms with Gasteiger partial charge in [0.2, 0.25) is 0 Å². The maximum atomic E-state index is 10.2. The van der Waals surface area contributed by atoms with Gasteiger partial charge in [-0.25, -0.2) is 0 Å². The zero-order valence-electron chi connectivity index (χ0n) is 5.41. The Morgan fingerprint density at radius 3 is 2.45 bits per heavy atom. The highest BCUT2D eigenvalue weighted by molar-refractivity contribution is 9.10. The van der Waals surface area contributed by atoms with E-state index in [9.17, 15) is 4.79 Å². The molecule has 1 aromatic carbocycles. The van der Waals surface area contributed by atoms with E-state index in [1.54, 1.807) is 0 Å². The van der Waals surface area contributed by atoms with Crippen molar-refractivity contribution in [3.05, 3.63) is 22.2 Å². The lowest BCUT2D eigenvalue weighted by Crippen LogP contribution is -1.81. The molecule has 0 aliphatic heterocycles. The summed E-state index contributed by atoms with van der Waals surface area (Å²) in [4.78, 5) is 10.2. The summed E-state index contributed by atoms with van der Waals surface area (Å²) in [5.41, 5.74) is 0.0747. The van der Waals surface area contributed by atoms with E-state index >= 15 is 0 Å². The van der Waals surface area contributed by atoms with Crippen molar-refractivity contribution in [1.29, 1.82) is 0 Å². The first-order valence-corrected chi connectivity index (χ1v) is 3.61. The van der Waals surface area contributed by atoms with Crippen LogP contribution in [0.2, 0.25) is 0 Å². The lowest BCUT2D eigenvalue weighted by atomic mass is 10.2. The zero-order chi connectivity index (χ0) is 8.43. The van der Waals surface area contributed by atoms with Gasteiger partial charge >= 0.3 is 0 Å². The number of phenols is 2. The van der Waals surface area contributed by atoms with Crippen LogP contribution in [-0.2, 0) is 0 Å². The number of halogens is 1. The first-order chi connectivity index (χ1) is 5.16. The van der Waals surface area contributed by atoms with Crippen molar-refractivity contribution in [1.82, 2.24) is 0 Å². The minimum atomic E-state index is -0.394. The highest BCUT2D eigenvalue weighted by Gasteiger charge is 2.08. The maximum absolute atomic E-state index is 10.2. The third-order valence-electron chi connectivity index (χ3n) is 1.26. The molecule has 0 bridgehead atoms. The minimum Gasteiger partial charge on any atom is -0.504 e. The summed E-state index contributed by atoms with van der Waals surface area (Å²) in [6.07, 6.45) is 0.474. The number of hydrogen-bond acceptors (Lipinski definition) is 3. The molecule has 2 N–H and O–H groups in total. The average molecular weight is 217 g/mol. The van der Waals surface area contributed by atoms with E-state index in [0.29, 0.717) is 10.8 Å². The molecule has 0 aromatic heterocycles. The first kappa shape index (κ1) is 8.07. The average Bonchev–Trinajstić information content (AvgIpc) is 2.01. The number of benzene rings is 1. The quantitative estimate of drug-likeness (QED) is 0.555. The van der Waals surface area contributed by atoms with Gasteiger partial charge in [0.15, 0.2) is 17.8 Å². The van der Waals surface area contributed by atoms with Crippen LogP contribution in [0.5, 0.6) is 11.5 Å². The van der Waals surface area contributed by atoms with Crippen LogP contribution in [0.4, 0.5) is 0 Å². The first-order valence-electron chi connectivity index (χ1n) is 2.82. The van der Waals surface area contributed by atoms with Gasteiger partial charge < -0.3 is 10.2 Å². The van der Waals surface area contributed by atoms with Crippen LogP contribution in [-0.4, -0.2) is 16.5 Å². The predicted molar refractivity (Wildman–Crippen MR) is 42.9 cm³/mol. The number of phenolic OH excluding ortho intramolecular Hbond substituents is 2. The number of carbonyl (C=O) groups is 1. The fraction of sp³-hybridized carbons (Fsp3) is 0. The Bertz CT molecular complexity index is 296. The van der Waals surface area contributed by atoms with Gasteiger partial charge in [-0.2, -0.15) is 0 Å². The Morgan fingerprint density at radius 1 is 1.27 bits per heavy atom. The summed E-state index contributed by atoms with van der Waals surface area (Å²) in [7, 11) is 0. The van der Waals surface area contributed by atoms with Crippen LogP contribution in [0.15, 0.2) is 16.6 Å². The van der Waals surface area contributed by atoms with Crippen molar-refractivity contribution < 1.29 is 15.0 Å². The van der Waals surface area contributed by atoms with Crippen LogP contribution in [0.1, 0.15) is 10.4 Å². The summed E-state index contributed by atoms with van der Waals surface area (Å²) in [5, 5.41) is 18.1. The molecule has 0 spiro atoms. The van der Waals surface area contributed by atoms with Gasteiger partial charge in [-0.05, 0) is 28.1 Å². The molecule has 0 radical (unpaired) electrons. The van der Waals surface area contributed by atoms with Gasteiger partial charge in [0, 0.05) is 0 Å². The van der Waals surface area contributed by atoms with Gasteiger partial charge in [0.1, 0.15) is 0 Å². The maximum Gasteiger partial charge on any atom is 0.172 e. The third kappa shape index (κ3) is 1.35. The van der Waals surface area contributed by atoms with Gasteiger partial charge in [0.25, 0.3) is 0 Å². The zero-order valence-corrected chi connectivity index (χ0v) is 7.00. The van der Waals surface area contributed by atoms with Gasteiger partial charge in [-0.15, -0.1) is 0 Å². The second-order valence-corrected chi connectivity index (χ2v) is 2.81. The Labute approximate surface area is 71.4 Å². The number of carbonyl (C=O) groups excluding carboxylic acids is 1. The summed E-state index contributed by atoms with van der Waals surface area (Å²) in [6, 6.07) is 2.89. The Morgan fingerprint density at radius 2 is 1.91 bits per heavy atom. The van der Waals surface area contributed by atoms with Crippen LogP contribution >= 0.6 is 15.9 Å². The van der Waals surface area contributed by atoms with Crippen molar-refractivity contribution in [2.24, 2.45) is 0 Å². The van der Waals surface area contributed by atoms with Gasteiger partial charge in [-0.1, -0.05) is 0 Å². The highest BCUT2D eigenvalue weighted by Crippen LogP contribution is 2.34. The SMILES string of the molecule is O=Cc1ccc(Br)c(O)c1O. The topological polar surface area (TPSA) is 57.5 Å². The molecule has 58 valence electrons. The number of aldehydes is 1. The summed E-state index contributed by atoms with van der Waals surface area (Å²) in [5.74, 6) is -0.705. The number of aromatic hydroxyl groups is 2. The van der Waals surface area contributed by atoms with E-state index < -0.39 is 5.75 Å². The molecule has 0 saturated heterocycles. The highest BCUT2D eigenvalue weighted by atomic mass is 79.9. The Kier molecular flexibility index (Phi) is 2.14. The Hall–Kier alpha value is -1.03. The molecular weight excluding hydrogens is 212 g/mol. The van der Waals surface area contributed by atoms with Gasteiger partial charge in [-0.3, -0.25) is 4.79 Å². The summed E-state index contributed by atoms with van der Waals surface area (Å²) in [6.45, 7) is 0. The molecule has 4 heteroatoms. The molecule has 0 heterocycles. The lowest BCUT2D eigenvalue weighted by molar-refractivity contribution is 0.112. The minimum absolute atomic E-state index is 0.0747. The van der Waals surface area contributed by atoms with Crippen molar-refractivity contribution in [2.45, 2.75) is 0 Å². The molecule has 1 rings (SSSR count). The summed E-state index contributed by atoms with van der Waals surface area (Å²) >= 11 is 2.98. The fourth-order valence-electron chi connectivity index (χ4n) is 0.666. The molecule has 0 unspecified atom stereocenters. The summed E-state index contributed by atoms with van der Waals surface area (Å²) < 4.78 is 0.362. The molecule has 3 nitrogen and oxygen atoms in total. The van der Waals surface area contributed by atoms with E-state index in [1.807, 2.05) is 0 Å². The van der Waals surface area contributed by atoms with E-state index in [0.717, 1.165) is 0 Å². The van der Waals surface area contributed by atoms with Crippen LogP contribution in [0.3, 0.4) is 0 Å². The van der Waals surface area contributed by atoms with Crippen LogP contribution in [0.25, 0.3) is 0 Å². The molecule has 0 amide bonds. The molecule has 0 saturated carbocycles. The molecule has 0 aliphatic carbocycles. The van der Waals surface area contributed by atoms with Crippen molar-refractivity contribution in [2.75, 3.05) is 0 Å². The third-order valence-corrected chi connectivity index (χ3v) is 1.90. The lowest BCUT2D eigenvalue weighted by Gasteiger charge is -2.00. The van der Waals surface area contributed by atoms with Crippen molar-refractivity contribution in [3.8, 4) is 11.5 Å². The van der Waals surface area contributed by atoms with Crippen molar-refractivity contribution in [3.63, 3.8) is 0 Å². The van der Waals surface area contributed by atoms with E-state index in [1.165, 1.54) is 12.1 Å². The van der Waals surface area contributed by atoms with Gasteiger partial charge in [0.05, 0.1) is 10.0 Å². The van der Waals surface area contributed by atoms with Crippen LogP contribution < -0.4 is 0 Å². The molecule has 0 atom stereocenters. The molecule has 0 aliphatic rings. The molecule has 1 aromatic rings. The molecule has 0 fully saturated rings. The second-order valence-electron chi connectivity index (χ2n) is 1.95. The number of rotatable bonds is 1. The second kappa shape index (κ2) is 2.92. The largest absolute Gasteiger partial charge is 0.504 e. The van der Waals surface area contributed by atoms with E-state index in [-0.39, 0.29) is 11.3 Å². The van der Waals surface area contributed by atoms with E-state index in [4.69, 9.17) is 10.2 Å². The predicted octanol–water partition coefficient (Wildman–Crippen LogP) is 1.67. The van der Waals surface area contributed by atoms with E-state index in [2.05, 4.69) is 15.9 Å². The smallest absolute Gasteiger partial charge is 0.172 e. The molecule has 11 heavy (non-hydrogen) atoms. The number of hydrogen-bond donors (Lipinski definition) is 2. The molecular formula is C7H5BrO3.